The number of carbonyl (C=O) groups excluding carboxylic acids is 1. The Morgan fingerprint density at radius 3 is 2.56 bits per heavy atom. The van der Waals surface area contributed by atoms with E-state index in [9.17, 15) is 4.79 Å². The number of aryl methyl sites for hydroxylation is 2. The first-order valence-corrected chi connectivity index (χ1v) is 8.41. The molecule has 1 aliphatic heterocycles. The maximum atomic E-state index is 13.1. The minimum atomic E-state index is -0.443. The predicted molar refractivity (Wildman–Crippen MR) is 95.4 cm³/mol. The molecule has 0 N–H and O–H groups in total. The monoisotopic (exact) mass is 335 g/mol. The number of hydrogen-bond donors (Lipinski definition) is 0. The smallest absolute Gasteiger partial charge is 0.238 e. The van der Waals surface area contributed by atoms with Gasteiger partial charge in [-0.25, -0.2) is 15.0 Å². The number of allylic oxidation sites excluding steroid dienone is 4. The molecule has 2 aliphatic rings. The highest BCUT2D eigenvalue weighted by Crippen LogP contribution is 2.50. The van der Waals surface area contributed by atoms with Gasteiger partial charge in [-0.05, 0) is 25.0 Å². The minimum Gasteiger partial charge on any atom is -0.320 e. The van der Waals surface area contributed by atoms with Crippen LogP contribution in [0.1, 0.15) is 31.7 Å². The van der Waals surface area contributed by atoms with Crippen molar-refractivity contribution in [1.29, 1.82) is 0 Å². The molecular weight excluding hydrogens is 314 g/mol. The van der Waals surface area contributed by atoms with Crippen LogP contribution in [0.3, 0.4) is 0 Å². The molecule has 0 aromatic carbocycles. The molecule has 3 heterocycles. The molecule has 128 valence electrons. The third-order valence-corrected chi connectivity index (χ3v) is 5.25. The van der Waals surface area contributed by atoms with E-state index in [4.69, 9.17) is 0 Å². The summed E-state index contributed by atoms with van der Waals surface area (Å²) in [5.41, 5.74) is 2.61. The first-order chi connectivity index (χ1) is 11.9. The Kier molecular flexibility index (Phi) is 3.39. The largest absolute Gasteiger partial charge is 0.320 e. The highest BCUT2D eigenvalue weighted by atomic mass is 16.2. The van der Waals surface area contributed by atoms with Gasteiger partial charge in [0.2, 0.25) is 5.91 Å². The maximum absolute atomic E-state index is 13.1. The maximum Gasteiger partial charge on any atom is 0.238 e. The topological polar surface area (TPSA) is 63.9 Å². The van der Waals surface area contributed by atoms with Crippen LogP contribution < -0.4 is 4.90 Å². The van der Waals surface area contributed by atoms with Crippen LogP contribution in [0.15, 0.2) is 42.8 Å². The highest BCUT2D eigenvalue weighted by molar-refractivity contribution is 6.04. The summed E-state index contributed by atoms with van der Waals surface area (Å²) < 4.78 is 1.88. The zero-order valence-corrected chi connectivity index (χ0v) is 14.9. The van der Waals surface area contributed by atoms with E-state index in [0.29, 0.717) is 0 Å². The zero-order chi connectivity index (χ0) is 17.8. The van der Waals surface area contributed by atoms with E-state index >= 15 is 0 Å². The molecule has 25 heavy (non-hydrogen) atoms. The lowest BCUT2D eigenvalue weighted by Crippen LogP contribution is -2.32. The number of imidazole rings is 1. The normalized spacial score (nSPS) is 21.8. The van der Waals surface area contributed by atoms with Gasteiger partial charge in [-0.1, -0.05) is 19.9 Å². The van der Waals surface area contributed by atoms with Crippen molar-refractivity contribution in [3.05, 3.63) is 54.2 Å². The van der Waals surface area contributed by atoms with Crippen LogP contribution in [0.5, 0.6) is 0 Å². The lowest BCUT2D eigenvalue weighted by atomic mass is 9.75. The minimum absolute atomic E-state index is 0.113. The molecule has 1 fully saturated rings. The van der Waals surface area contributed by atoms with E-state index in [2.05, 4.69) is 27.1 Å². The number of aromatic nitrogens is 4. The Labute approximate surface area is 146 Å². The standard InChI is InChI=1S/C19H21N5O/c1-12-21-8-14(9-22-12)13-5-6-15-16(7-13)24(18(25)19(15,2)3)17-10-20-11-23(17)4/h5,7-11,15H,6H2,1-4H3. The van der Waals surface area contributed by atoms with Crippen molar-refractivity contribution >= 4 is 17.3 Å². The van der Waals surface area contributed by atoms with Gasteiger partial charge in [0.05, 0.1) is 17.9 Å². The van der Waals surface area contributed by atoms with Crippen LogP contribution in [-0.4, -0.2) is 25.4 Å². The van der Waals surface area contributed by atoms with Gasteiger partial charge in [0.25, 0.3) is 0 Å². The van der Waals surface area contributed by atoms with Crippen molar-refractivity contribution in [3.63, 3.8) is 0 Å². The molecule has 6 heteroatoms. The third kappa shape index (κ3) is 2.32. The Bertz CT molecular complexity index is 904. The molecule has 0 spiro atoms. The molecule has 0 bridgehead atoms. The lowest BCUT2D eigenvalue weighted by molar-refractivity contribution is -0.125. The Hall–Kier alpha value is -2.76. The molecule has 4 rings (SSSR count). The number of fused-ring (bicyclic) bond motifs is 1. The van der Waals surface area contributed by atoms with Gasteiger partial charge in [0, 0.05) is 36.6 Å². The Balaban J connectivity index is 1.81. The average molecular weight is 335 g/mol. The molecule has 1 amide bonds. The van der Waals surface area contributed by atoms with Gasteiger partial charge in [-0.3, -0.25) is 9.69 Å². The zero-order valence-electron chi connectivity index (χ0n) is 14.9. The molecule has 0 saturated carbocycles. The van der Waals surface area contributed by atoms with Crippen molar-refractivity contribution in [1.82, 2.24) is 19.5 Å². The fraction of sp³-hybridized carbons (Fsp3) is 0.368. The third-order valence-electron chi connectivity index (χ3n) is 5.25. The van der Waals surface area contributed by atoms with E-state index < -0.39 is 5.41 Å². The fourth-order valence-electron chi connectivity index (χ4n) is 3.67. The molecule has 2 aromatic heterocycles. The first-order valence-electron chi connectivity index (χ1n) is 8.41. The van der Waals surface area contributed by atoms with E-state index in [1.165, 1.54) is 0 Å². The summed E-state index contributed by atoms with van der Waals surface area (Å²) >= 11 is 0. The van der Waals surface area contributed by atoms with Crippen LogP contribution in [0.25, 0.3) is 5.57 Å². The molecule has 1 unspecified atom stereocenters. The van der Waals surface area contributed by atoms with E-state index in [-0.39, 0.29) is 11.8 Å². The van der Waals surface area contributed by atoms with Gasteiger partial charge in [0.1, 0.15) is 11.6 Å². The SMILES string of the molecule is Cc1ncc(C2=CCC3C(=C2)N(c2cncn2C)C(=O)C3(C)C)cn1. The predicted octanol–water partition coefficient (Wildman–Crippen LogP) is 2.88. The molecule has 1 aliphatic carbocycles. The highest BCUT2D eigenvalue weighted by Gasteiger charge is 2.52. The van der Waals surface area contributed by atoms with Gasteiger partial charge in [0.15, 0.2) is 0 Å². The number of carbonyl (C=O) groups is 1. The number of rotatable bonds is 2. The summed E-state index contributed by atoms with van der Waals surface area (Å²) in [7, 11) is 1.91. The number of hydrogen-bond acceptors (Lipinski definition) is 4. The van der Waals surface area contributed by atoms with Crippen LogP contribution in [-0.2, 0) is 11.8 Å². The number of amides is 1. The summed E-state index contributed by atoms with van der Waals surface area (Å²) in [5, 5.41) is 0. The number of nitrogens with zero attached hydrogens (tertiary/aromatic N) is 5. The molecule has 2 aromatic rings. The van der Waals surface area contributed by atoms with Crippen molar-refractivity contribution in [2.24, 2.45) is 18.4 Å². The first kappa shape index (κ1) is 15.7. The summed E-state index contributed by atoms with van der Waals surface area (Å²) in [6, 6.07) is 0. The van der Waals surface area contributed by atoms with Crippen molar-refractivity contribution < 1.29 is 4.79 Å². The lowest BCUT2D eigenvalue weighted by Gasteiger charge is -2.26. The summed E-state index contributed by atoms with van der Waals surface area (Å²) in [6.07, 6.45) is 12.2. The average Bonchev–Trinajstić information content (AvgIpc) is 3.08. The quantitative estimate of drug-likeness (QED) is 0.846. The molecule has 1 saturated heterocycles. The van der Waals surface area contributed by atoms with Gasteiger partial charge >= 0.3 is 0 Å². The van der Waals surface area contributed by atoms with Gasteiger partial charge in [-0.15, -0.1) is 0 Å². The molecule has 0 radical (unpaired) electrons. The van der Waals surface area contributed by atoms with Crippen LogP contribution in [0.4, 0.5) is 5.82 Å². The molecule has 1 atom stereocenters. The van der Waals surface area contributed by atoms with Crippen molar-refractivity contribution in [3.8, 4) is 0 Å². The molecular formula is C19H21N5O. The second kappa shape index (κ2) is 5.37. The van der Waals surface area contributed by atoms with E-state index in [1.54, 1.807) is 12.5 Å². The number of anilines is 1. The Morgan fingerprint density at radius 2 is 1.92 bits per heavy atom. The van der Waals surface area contributed by atoms with Crippen LogP contribution in [0, 0.1) is 18.3 Å². The van der Waals surface area contributed by atoms with Crippen molar-refractivity contribution in [2.45, 2.75) is 27.2 Å². The summed E-state index contributed by atoms with van der Waals surface area (Å²) in [5.74, 6) is 1.82. The van der Waals surface area contributed by atoms with Crippen LogP contribution >= 0.6 is 0 Å². The van der Waals surface area contributed by atoms with Gasteiger partial charge < -0.3 is 4.57 Å². The second-order valence-electron chi connectivity index (χ2n) is 7.26. The van der Waals surface area contributed by atoms with Crippen molar-refractivity contribution in [2.75, 3.05) is 4.90 Å². The molecule has 6 nitrogen and oxygen atoms in total. The van der Waals surface area contributed by atoms with E-state index in [0.717, 1.165) is 34.9 Å². The van der Waals surface area contributed by atoms with E-state index in [1.807, 2.05) is 49.7 Å². The fourth-order valence-corrected chi connectivity index (χ4v) is 3.67. The summed E-state index contributed by atoms with van der Waals surface area (Å²) in [4.78, 5) is 27.7. The van der Waals surface area contributed by atoms with Crippen LogP contribution in [0.2, 0.25) is 0 Å². The Morgan fingerprint density at radius 1 is 1.20 bits per heavy atom. The summed E-state index contributed by atoms with van der Waals surface area (Å²) in [6.45, 7) is 5.92. The van der Waals surface area contributed by atoms with Gasteiger partial charge in [-0.2, -0.15) is 0 Å². The second-order valence-corrected chi connectivity index (χ2v) is 7.26.